The third-order valence-electron chi connectivity index (χ3n) is 2.15. The van der Waals surface area contributed by atoms with Crippen LogP contribution in [0.15, 0.2) is 24.3 Å². The Morgan fingerprint density at radius 3 is 2.20 bits per heavy atom. The van der Waals surface area contributed by atoms with Crippen LogP contribution in [-0.4, -0.2) is 14.2 Å². The first-order valence-corrected chi connectivity index (χ1v) is 6.82. The van der Waals surface area contributed by atoms with E-state index in [9.17, 15) is 8.42 Å². The van der Waals surface area contributed by atoms with E-state index in [1.54, 1.807) is 19.1 Å². The van der Waals surface area contributed by atoms with Crippen LogP contribution < -0.4 is 4.72 Å². The van der Waals surface area contributed by atoms with Crippen molar-refractivity contribution in [3.63, 3.8) is 0 Å². The van der Waals surface area contributed by atoms with Gasteiger partial charge in [0.15, 0.2) is 0 Å². The van der Waals surface area contributed by atoms with E-state index < -0.39 is 10.0 Å². The van der Waals surface area contributed by atoms with Gasteiger partial charge in [0.05, 0.1) is 5.75 Å². The molecule has 0 saturated heterocycles. The monoisotopic (exact) mass is 227 g/mol. The molecule has 0 bridgehead atoms. The number of hydrogen-bond donors (Lipinski definition) is 1. The Morgan fingerprint density at radius 1 is 1.13 bits per heavy atom. The molecule has 0 atom stereocenters. The van der Waals surface area contributed by atoms with Gasteiger partial charge in [0.1, 0.15) is 0 Å². The van der Waals surface area contributed by atoms with Crippen molar-refractivity contribution < 1.29 is 8.42 Å². The molecule has 84 valence electrons. The van der Waals surface area contributed by atoms with Crippen molar-refractivity contribution in [2.24, 2.45) is 0 Å². The third kappa shape index (κ3) is 3.91. The van der Waals surface area contributed by atoms with Gasteiger partial charge in [0.2, 0.25) is 10.0 Å². The van der Waals surface area contributed by atoms with E-state index in [0.29, 0.717) is 5.69 Å². The van der Waals surface area contributed by atoms with E-state index in [0.717, 1.165) is 12.8 Å². The predicted octanol–water partition coefficient (Wildman–Crippen LogP) is 2.40. The molecular weight excluding hydrogens is 210 g/mol. The molecule has 0 saturated carbocycles. The van der Waals surface area contributed by atoms with Crippen LogP contribution in [0.1, 0.15) is 25.8 Å². The second kappa shape index (κ2) is 5.16. The van der Waals surface area contributed by atoms with E-state index in [-0.39, 0.29) is 5.75 Å². The first kappa shape index (κ1) is 12.0. The van der Waals surface area contributed by atoms with Gasteiger partial charge in [-0.15, -0.1) is 0 Å². The highest BCUT2D eigenvalue weighted by atomic mass is 32.2. The van der Waals surface area contributed by atoms with Crippen LogP contribution in [0, 0.1) is 0 Å². The summed E-state index contributed by atoms with van der Waals surface area (Å²) in [5, 5.41) is 0. The average Bonchev–Trinajstić information content (AvgIpc) is 2.21. The van der Waals surface area contributed by atoms with Crippen molar-refractivity contribution in [3.8, 4) is 0 Å². The highest BCUT2D eigenvalue weighted by molar-refractivity contribution is 7.92. The zero-order valence-electron chi connectivity index (χ0n) is 9.16. The van der Waals surface area contributed by atoms with Gasteiger partial charge in [0.25, 0.3) is 0 Å². The van der Waals surface area contributed by atoms with Crippen molar-refractivity contribution in [3.05, 3.63) is 29.8 Å². The fourth-order valence-electron chi connectivity index (χ4n) is 1.28. The largest absolute Gasteiger partial charge is 0.284 e. The van der Waals surface area contributed by atoms with E-state index in [1.165, 1.54) is 5.56 Å². The molecule has 0 aliphatic rings. The molecule has 0 aliphatic heterocycles. The number of anilines is 1. The Balaban J connectivity index is 2.73. The van der Waals surface area contributed by atoms with Gasteiger partial charge in [-0.3, -0.25) is 4.72 Å². The molecule has 4 heteroatoms. The SMILES string of the molecule is CCCc1ccc(NS(=O)(=O)CC)cc1. The lowest BCUT2D eigenvalue weighted by atomic mass is 10.1. The summed E-state index contributed by atoms with van der Waals surface area (Å²) in [4.78, 5) is 0. The van der Waals surface area contributed by atoms with E-state index in [1.807, 2.05) is 12.1 Å². The molecule has 0 unspecified atom stereocenters. The van der Waals surface area contributed by atoms with Crippen molar-refractivity contribution in [2.45, 2.75) is 26.7 Å². The minimum Gasteiger partial charge on any atom is -0.284 e. The van der Waals surface area contributed by atoms with Crippen molar-refractivity contribution in [1.82, 2.24) is 0 Å². The van der Waals surface area contributed by atoms with Crippen LogP contribution in [0.5, 0.6) is 0 Å². The van der Waals surface area contributed by atoms with Gasteiger partial charge < -0.3 is 0 Å². The summed E-state index contributed by atoms with van der Waals surface area (Å²) in [7, 11) is -3.15. The summed E-state index contributed by atoms with van der Waals surface area (Å²) in [5.41, 5.74) is 1.87. The second-order valence-electron chi connectivity index (χ2n) is 3.45. The summed E-state index contributed by atoms with van der Waals surface area (Å²) < 4.78 is 25.0. The lowest BCUT2D eigenvalue weighted by molar-refractivity contribution is 0.602. The number of aryl methyl sites for hydroxylation is 1. The molecule has 0 aliphatic carbocycles. The number of sulfonamides is 1. The fourth-order valence-corrected chi connectivity index (χ4v) is 1.92. The molecule has 0 fully saturated rings. The lowest BCUT2D eigenvalue weighted by Gasteiger charge is -2.06. The molecular formula is C11H17NO2S. The van der Waals surface area contributed by atoms with Crippen LogP contribution in [0.3, 0.4) is 0 Å². The molecule has 0 spiro atoms. The summed E-state index contributed by atoms with van der Waals surface area (Å²) in [5.74, 6) is 0.101. The summed E-state index contributed by atoms with van der Waals surface area (Å²) in [6.45, 7) is 3.74. The van der Waals surface area contributed by atoms with Crippen LogP contribution in [0.2, 0.25) is 0 Å². The van der Waals surface area contributed by atoms with Crippen molar-refractivity contribution in [2.75, 3.05) is 10.5 Å². The quantitative estimate of drug-likeness (QED) is 0.839. The van der Waals surface area contributed by atoms with Crippen LogP contribution >= 0.6 is 0 Å². The Morgan fingerprint density at radius 2 is 1.73 bits per heavy atom. The van der Waals surface area contributed by atoms with Gasteiger partial charge >= 0.3 is 0 Å². The summed E-state index contributed by atoms with van der Waals surface area (Å²) in [6, 6.07) is 7.52. The molecule has 0 radical (unpaired) electrons. The Bertz CT molecular complexity index is 395. The predicted molar refractivity (Wildman–Crippen MR) is 63.5 cm³/mol. The maximum absolute atomic E-state index is 11.3. The van der Waals surface area contributed by atoms with Crippen LogP contribution in [-0.2, 0) is 16.4 Å². The molecule has 1 aromatic rings. The maximum atomic E-state index is 11.3. The first-order chi connectivity index (χ1) is 7.07. The standard InChI is InChI=1S/C11H17NO2S/c1-3-5-10-6-8-11(9-7-10)12-15(13,14)4-2/h6-9,12H,3-5H2,1-2H3. The van der Waals surface area contributed by atoms with Gasteiger partial charge in [0, 0.05) is 5.69 Å². The molecule has 3 nitrogen and oxygen atoms in total. The first-order valence-electron chi connectivity index (χ1n) is 5.17. The maximum Gasteiger partial charge on any atom is 0.232 e. The lowest BCUT2D eigenvalue weighted by Crippen LogP contribution is -2.14. The van der Waals surface area contributed by atoms with E-state index in [4.69, 9.17) is 0 Å². The van der Waals surface area contributed by atoms with Crippen molar-refractivity contribution in [1.29, 1.82) is 0 Å². The number of rotatable bonds is 5. The molecule has 15 heavy (non-hydrogen) atoms. The van der Waals surface area contributed by atoms with E-state index >= 15 is 0 Å². The smallest absolute Gasteiger partial charge is 0.232 e. The number of nitrogens with one attached hydrogen (secondary N) is 1. The second-order valence-corrected chi connectivity index (χ2v) is 5.46. The molecule has 1 rings (SSSR count). The summed E-state index contributed by atoms with van der Waals surface area (Å²) in [6.07, 6.45) is 2.13. The molecule has 0 heterocycles. The van der Waals surface area contributed by atoms with Gasteiger partial charge in [-0.25, -0.2) is 8.42 Å². The normalized spacial score (nSPS) is 11.3. The molecule has 1 N–H and O–H groups in total. The minimum absolute atomic E-state index is 0.101. The van der Waals surface area contributed by atoms with E-state index in [2.05, 4.69) is 11.6 Å². The molecule has 0 amide bonds. The molecule has 1 aromatic carbocycles. The summed E-state index contributed by atoms with van der Waals surface area (Å²) >= 11 is 0. The Labute approximate surface area is 91.6 Å². The van der Waals surface area contributed by atoms with Gasteiger partial charge in [-0.2, -0.15) is 0 Å². The van der Waals surface area contributed by atoms with Gasteiger partial charge in [-0.1, -0.05) is 25.5 Å². The van der Waals surface area contributed by atoms with Gasteiger partial charge in [-0.05, 0) is 31.0 Å². The number of hydrogen-bond acceptors (Lipinski definition) is 2. The number of benzene rings is 1. The zero-order chi connectivity index (χ0) is 11.3. The molecule has 0 aromatic heterocycles. The highest BCUT2D eigenvalue weighted by Crippen LogP contribution is 2.12. The fraction of sp³-hybridized carbons (Fsp3) is 0.455. The highest BCUT2D eigenvalue weighted by Gasteiger charge is 2.05. The minimum atomic E-state index is -3.15. The van der Waals surface area contributed by atoms with Crippen LogP contribution in [0.4, 0.5) is 5.69 Å². The zero-order valence-corrected chi connectivity index (χ0v) is 9.97. The Kier molecular flexibility index (Phi) is 4.15. The average molecular weight is 227 g/mol. The van der Waals surface area contributed by atoms with Crippen LogP contribution in [0.25, 0.3) is 0 Å². The Hall–Kier alpha value is -1.03. The topological polar surface area (TPSA) is 46.2 Å². The van der Waals surface area contributed by atoms with Crippen molar-refractivity contribution >= 4 is 15.7 Å². The third-order valence-corrected chi connectivity index (χ3v) is 3.45.